The number of imide groups is 1. The average molecular weight is 448 g/mol. The molecule has 7 nitrogen and oxygen atoms in total. The Hall–Kier alpha value is -4.10. The lowest BCUT2D eigenvalue weighted by molar-refractivity contribution is -0.120. The highest BCUT2D eigenvalue weighted by molar-refractivity contribution is 6.53. The van der Waals surface area contributed by atoms with Gasteiger partial charge in [-0.15, -0.1) is 0 Å². The molecule has 0 fully saturated rings. The van der Waals surface area contributed by atoms with Gasteiger partial charge in [-0.2, -0.15) is 0 Å². The third kappa shape index (κ3) is 4.19. The molecule has 0 bridgehead atoms. The minimum absolute atomic E-state index is 0.0194. The van der Waals surface area contributed by atoms with Crippen LogP contribution in [0.1, 0.15) is 10.4 Å². The largest absolute Gasteiger partial charge is 0.497 e. The summed E-state index contributed by atoms with van der Waals surface area (Å²) in [6.45, 7) is 0. The maximum absolute atomic E-state index is 12.8. The number of nitrogens with one attached hydrogen (secondary N) is 2. The highest BCUT2D eigenvalue weighted by atomic mass is 35.5. The number of halogens is 1. The van der Waals surface area contributed by atoms with E-state index in [4.69, 9.17) is 16.3 Å². The number of ether oxygens (including phenoxy) is 1. The maximum Gasteiger partial charge on any atom is 0.283 e. The van der Waals surface area contributed by atoms with Gasteiger partial charge in [0, 0.05) is 23.0 Å². The fourth-order valence-electron chi connectivity index (χ4n) is 3.18. The van der Waals surface area contributed by atoms with Gasteiger partial charge in [-0.1, -0.05) is 35.9 Å². The first kappa shape index (κ1) is 21.1. The van der Waals surface area contributed by atoms with Gasteiger partial charge in [0.25, 0.3) is 17.7 Å². The smallest absolute Gasteiger partial charge is 0.283 e. The van der Waals surface area contributed by atoms with Gasteiger partial charge in [-0.25, -0.2) is 4.90 Å². The Kier molecular flexibility index (Phi) is 5.91. The average Bonchev–Trinajstić information content (AvgIpc) is 3.03. The Morgan fingerprint density at radius 2 is 1.59 bits per heavy atom. The van der Waals surface area contributed by atoms with Crippen LogP contribution in [0.2, 0.25) is 0 Å². The fraction of sp³-hybridized carbons (Fsp3) is 0.0417. The van der Waals surface area contributed by atoms with E-state index in [1.807, 2.05) is 0 Å². The minimum atomic E-state index is -0.598. The van der Waals surface area contributed by atoms with Crippen molar-refractivity contribution in [3.63, 3.8) is 0 Å². The van der Waals surface area contributed by atoms with Crippen molar-refractivity contribution in [2.24, 2.45) is 0 Å². The van der Waals surface area contributed by atoms with Gasteiger partial charge in [0.15, 0.2) is 0 Å². The third-order valence-corrected chi connectivity index (χ3v) is 5.14. The van der Waals surface area contributed by atoms with Crippen molar-refractivity contribution in [3.8, 4) is 5.75 Å². The number of para-hydroxylation sites is 1. The topological polar surface area (TPSA) is 87.7 Å². The summed E-state index contributed by atoms with van der Waals surface area (Å²) in [7, 11) is 1.55. The molecule has 0 spiro atoms. The predicted octanol–water partition coefficient (Wildman–Crippen LogP) is 4.38. The molecule has 4 rings (SSSR count). The number of hydrogen-bond donors (Lipinski definition) is 2. The molecule has 160 valence electrons. The molecule has 3 amide bonds. The number of carbonyl (C=O) groups excluding carboxylic acids is 3. The highest BCUT2D eigenvalue weighted by Gasteiger charge is 2.38. The van der Waals surface area contributed by atoms with Crippen LogP contribution in [0.3, 0.4) is 0 Å². The molecule has 8 heteroatoms. The van der Waals surface area contributed by atoms with Crippen LogP contribution in [-0.4, -0.2) is 24.8 Å². The van der Waals surface area contributed by atoms with Crippen LogP contribution >= 0.6 is 11.6 Å². The SMILES string of the molecule is COc1cccc(NC(=O)c2ccc(NC3=C(Cl)C(=O)N(c4ccccc4)C3=O)cc2)c1. The van der Waals surface area contributed by atoms with Crippen LogP contribution in [-0.2, 0) is 9.59 Å². The molecule has 2 N–H and O–H groups in total. The van der Waals surface area contributed by atoms with Gasteiger partial charge < -0.3 is 15.4 Å². The standard InChI is InChI=1S/C24H18ClN3O4/c1-32-19-9-5-6-17(14-19)27-22(29)15-10-12-16(13-11-15)26-21-20(25)23(30)28(24(21)31)18-7-3-2-4-8-18/h2-14,26H,1H3,(H,27,29). The Morgan fingerprint density at radius 1 is 0.875 bits per heavy atom. The third-order valence-electron chi connectivity index (χ3n) is 4.79. The van der Waals surface area contributed by atoms with E-state index in [0.29, 0.717) is 28.4 Å². The van der Waals surface area contributed by atoms with Crippen molar-refractivity contribution >= 4 is 46.4 Å². The second-order valence-electron chi connectivity index (χ2n) is 6.86. The molecule has 3 aromatic rings. The molecule has 0 aliphatic carbocycles. The van der Waals surface area contributed by atoms with Gasteiger partial charge in [-0.3, -0.25) is 14.4 Å². The molecule has 0 aromatic heterocycles. The molecule has 0 saturated carbocycles. The number of benzene rings is 3. The van der Waals surface area contributed by atoms with Gasteiger partial charge >= 0.3 is 0 Å². The van der Waals surface area contributed by atoms with Crippen molar-refractivity contribution in [2.45, 2.75) is 0 Å². The molecule has 0 saturated heterocycles. The molecular formula is C24H18ClN3O4. The number of amides is 3. The van der Waals surface area contributed by atoms with Gasteiger partial charge in [0.1, 0.15) is 16.5 Å². The monoisotopic (exact) mass is 447 g/mol. The summed E-state index contributed by atoms with van der Waals surface area (Å²) in [5.41, 5.74) is 1.94. The quantitative estimate of drug-likeness (QED) is 0.547. The van der Waals surface area contributed by atoms with Gasteiger partial charge in [0.05, 0.1) is 12.8 Å². The zero-order valence-corrected chi connectivity index (χ0v) is 17.7. The lowest BCUT2D eigenvalue weighted by Gasteiger charge is -2.15. The Labute approximate surface area is 189 Å². The Balaban J connectivity index is 1.47. The van der Waals surface area contributed by atoms with Crippen molar-refractivity contribution in [1.29, 1.82) is 0 Å². The summed E-state index contributed by atoms with van der Waals surface area (Å²) in [5, 5.41) is 5.49. The summed E-state index contributed by atoms with van der Waals surface area (Å²) in [6.07, 6.45) is 0. The highest BCUT2D eigenvalue weighted by Crippen LogP contribution is 2.30. The summed E-state index contributed by atoms with van der Waals surface area (Å²) in [4.78, 5) is 38.8. The van der Waals surface area contributed by atoms with E-state index in [2.05, 4.69) is 10.6 Å². The summed E-state index contributed by atoms with van der Waals surface area (Å²) in [6, 6.07) is 22.0. The van der Waals surface area contributed by atoms with Crippen molar-refractivity contribution in [1.82, 2.24) is 0 Å². The second-order valence-corrected chi connectivity index (χ2v) is 7.24. The van der Waals surface area contributed by atoms with E-state index in [-0.39, 0.29) is 16.6 Å². The van der Waals surface area contributed by atoms with Crippen LogP contribution in [0, 0.1) is 0 Å². The van der Waals surface area contributed by atoms with Crippen LogP contribution in [0.15, 0.2) is 89.6 Å². The van der Waals surface area contributed by atoms with Crippen molar-refractivity contribution < 1.29 is 19.1 Å². The van der Waals surface area contributed by atoms with E-state index < -0.39 is 11.8 Å². The predicted molar refractivity (Wildman–Crippen MR) is 123 cm³/mol. The number of hydrogen-bond acceptors (Lipinski definition) is 5. The maximum atomic E-state index is 12.8. The summed E-state index contributed by atoms with van der Waals surface area (Å²) in [5.74, 6) is -0.817. The fourth-order valence-corrected chi connectivity index (χ4v) is 3.39. The van der Waals surface area contributed by atoms with E-state index in [1.165, 1.54) is 0 Å². The van der Waals surface area contributed by atoms with E-state index in [9.17, 15) is 14.4 Å². The summed E-state index contributed by atoms with van der Waals surface area (Å²) < 4.78 is 5.15. The van der Waals surface area contributed by atoms with Crippen LogP contribution in [0.25, 0.3) is 0 Å². The number of rotatable bonds is 6. The first-order valence-corrected chi connectivity index (χ1v) is 10.0. The molecule has 32 heavy (non-hydrogen) atoms. The Morgan fingerprint density at radius 3 is 2.28 bits per heavy atom. The van der Waals surface area contributed by atoms with Gasteiger partial charge in [-0.05, 0) is 48.5 Å². The van der Waals surface area contributed by atoms with Crippen molar-refractivity contribution in [2.75, 3.05) is 22.6 Å². The lowest BCUT2D eigenvalue weighted by atomic mass is 10.2. The van der Waals surface area contributed by atoms with Crippen LogP contribution in [0.4, 0.5) is 17.1 Å². The zero-order valence-electron chi connectivity index (χ0n) is 17.0. The molecule has 1 aliphatic rings. The molecule has 3 aromatic carbocycles. The summed E-state index contributed by atoms with van der Waals surface area (Å²) >= 11 is 6.15. The first-order chi connectivity index (χ1) is 15.5. The molecular weight excluding hydrogens is 430 g/mol. The molecule has 1 aliphatic heterocycles. The van der Waals surface area contributed by atoms with Crippen LogP contribution in [0.5, 0.6) is 5.75 Å². The molecule has 0 atom stereocenters. The second kappa shape index (κ2) is 8.95. The zero-order chi connectivity index (χ0) is 22.7. The van der Waals surface area contributed by atoms with Gasteiger partial charge in [0.2, 0.25) is 0 Å². The van der Waals surface area contributed by atoms with E-state index >= 15 is 0 Å². The lowest BCUT2D eigenvalue weighted by Crippen LogP contribution is -2.32. The molecule has 0 unspecified atom stereocenters. The first-order valence-electron chi connectivity index (χ1n) is 9.64. The van der Waals surface area contributed by atoms with Crippen molar-refractivity contribution in [3.05, 3.63) is 95.2 Å². The molecule has 1 heterocycles. The van der Waals surface area contributed by atoms with E-state index in [0.717, 1.165) is 4.90 Å². The Bertz CT molecular complexity index is 1220. The van der Waals surface area contributed by atoms with E-state index in [1.54, 1.807) is 86.0 Å². The normalized spacial score (nSPS) is 13.4. The minimum Gasteiger partial charge on any atom is -0.497 e. The number of methoxy groups -OCH3 is 1. The number of anilines is 3. The number of nitrogens with zero attached hydrogens (tertiary/aromatic N) is 1. The molecule has 0 radical (unpaired) electrons. The number of carbonyl (C=O) groups is 3. The van der Waals surface area contributed by atoms with Crippen LogP contribution < -0.4 is 20.3 Å².